The lowest BCUT2D eigenvalue weighted by molar-refractivity contribution is -0.137. The highest BCUT2D eigenvalue weighted by atomic mass is 19.4. The molecule has 1 aromatic carbocycles. The maximum Gasteiger partial charge on any atom is 0.511 e. The number of rotatable bonds is 1. The topological polar surface area (TPSA) is 66.8 Å². The zero-order chi connectivity index (χ0) is 11.6. The molecular formula is C8H5F3O4. The largest absolute Gasteiger partial charge is 0.511 e. The third-order valence-electron chi connectivity index (χ3n) is 1.48. The Morgan fingerprint density at radius 2 is 1.93 bits per heavy atom. The molecule has 7 heteroatoms. The second-order valence-electron chi connectivity index (χ2n) is 2.55. The predicted octanol–water partition coefficient (Wildman–Crippen LogP) is 2.47. The normalized spacial score (nSPS) is 11.1. The third kappa shape index (κ3) is 2.76. The van der Waals surface area contributed by atoms with E-state index in [0.717, 1.165) is 6.07 Å². The number of hydrogen-bond donors (Lipinski definition) is 2. The molecular weight excluding hydrogens is 217 g/mol. The van der Waals surface area contributed by atoms with Crippen molar-refractivity contribution in [3.63, 3.8) is 0 Å². The van der Waals surface area contributed by atoms with Crippen molar-refractivity contribution in [3.8, 4) is 11.5 Å². The van der Waals surface area contributed by atoms with Crippen LogP contribution in [-0.2, 0) is 6.18 Å². The smallest absolute Gasteiger partial charge is 0.504 e. The molecule has 0 amide bonds. The van der Waals surface area contributed by atoms with Crippen molar-refractivity contribution in [1.29, 1.82) is 0 Å². The van der Waals surface area contributed by atoms with Crippen LogP contribution in [0.5, 0.6) is 11.5 Å². The van der Waals surface area contributed by atoms with Gasteiger partial charge in [0.15, 0.2) is 11.5 Å². The van der Waals surface area contributed by atoms with Crippen LogP contribution >= 0.6 is 0 Å². The van der Waals surface area contributed by atoms with Crippen LogP contribution in [0, 0.1) is 0 Å². The number of carbonyl (C=O) groups is 1. The fourth-order valence-corrected chi connectivity index (χ4v) is 0.874. The number of alkyl halides is 3. The molecule has 0 unspecified atom stereocenters. The van der Waals surface area contributed by atoms with Gasteiger partial charge in [0, 0.05) is 0 Å². The van der Waals surface area contributed by atoms with Crippen molar-refractivity contribution in [2.45, 2.75) is 6.18 Å². The number of phenols is 1. The Bertz CT molecular complexity index is 386. The number of hydrogen-bond acceptors (Lipinski definition) is 3. The van der Waals surface area contributed by atoms with Gasteiger partial charge in [-0.2, -0.15) is 13.2 Å². The van der Waals surface area contributed by atoms with E-state index in [-0.39, 0.29) is 0 Å². The zero-order valence-electron chi connectivity index (χ0n) is 7.08. The van der Waals surface area contributed by atoms with Crippen molar-refractivity contribution >= 4 is 6.16 Å². The number of benzene rings is 1. The molecule has 0 saturated heterocycles. The molecule has 0 aromatic heterocycles. The molecule has 1 aromatic rings. The first-order valence-electron chi connectivity index (χ1n) is 3.61. The zero-order valence-corrected chi connectivity index (χ0v) is 7.08. The first-order chi connectivity index (χ1) is 6.80. The standard InChI is InChI=1S/C8H5F3O4/c9-8(10,11)4-1-2-6(5(12)3-4)15-7(13)14/h1-3,12H,(H,13,14). The lowest BCUT2D eigenvalue weighted by atomic mass is 10.2. The lowest BCUT2D eigenvalue weighted by Crippen LogP contribution is -2.06. The summed E-state index contributed by atoms with van der Waals surface area (Å²) in [6.07, 6.45) is -6.32. The average molecular weight is 222 g/mol. The van der Waals surface area contributed by atoms with Gasteiger partial charge in [-0.3, -0.25) is 0 Å². The average Bonchev–Trinajstić information content (AvgIpc) is 2.05. The summed E-state index contributed by atoms with van der Waals surface area (Å²) in [5.41, 5.74) is -1.09. The van der Waals surface area contributed by atoms with E-state index in [9.17, 15) is 18.0 Å². The number of carboxylic acid groups (broad SMARTS) is 1. The lowest BCUT2D eigenvalue weighted by Gasteiger charge is -2.08. The molecule has 2 N–H and O–H groups in total. The van der Waals surface area contributed by atoms with Crippen LogP contribution in [0.25, 0.3) is 0 Å². The van der Waals surface area contributed by atoms with E-state index in [0.29, 0.717) is 12.1 Å². The van der Waals surface area contributed by atoms with Crippen molar-refractivity contribution in [3.05, 3.63) is 23.8 Å². The minimum atomic E-state index is -4.60. The van der Waals surface area contributed by atoms with Crippen molar-refractivity contribution in [2.75, 3.05) is 0 Å². The van der Waals surface area contributed by atoms with Gasteiger partial charge in [0.05, 0.1) is 5.56 Å². The summed E-state index contributed by atoms with van der Waals surface area (Å²) in [5.74, 6) is -1.43. The summed E-state index contributed by atoms with van der Waals surface area (Å²) in [6.45, 7) is 0. The van der Waals surface area contributed by atoms with Gasteiger partial charge in [0.25, 0.3) is 0 Å². The summed E-state index contributed by atoms with van der Waals surface area (Å²) in [6, 6.07) is 1.72. The first kappa shape index (κ1) is 11.2. The Morgan fingerprint density at radius 1 is 1.33 bits per heavy atom. The van der Waals surface area contributed by atoms with Crippen LogP contribution in [0.2, 0.25) is 0 Å². The second kappa shape index (κ2) is 3.68. The van der Waals surface area contributed by atoms with Crippen molar-refractivity contribution in [2.24, 2.45) is 0 Å². The van der Waals surface area contributed by atoms with Crippen molar-refractivity contribution in [1.82, 2.24) is 0 Å². The van der Waals surface area contributed by atoms with Crippen LogP contribution in [0.1, 0.15) is 5.56 Å². The molecule has 0 saturated carbocycles. The molecule has 0 aliphatic carbocycles. The van der Waals surface area contributed by atoms with Crippen LogP contribution in [0.3, 0.4) is 0 Å². The van der Waals surface area contributed by atoms with E-state index in [1.165, 1.54) is 0 Å². The molecule has 0 aliphatic rings. The highest BCUT2D eigenvalue weighted by Crippen LogP contribution is 2.35. The van der Waals surface area contributed by atoms with Crippen LogP contribution in [-0.4, -0.2) is 16.4 Å². The second-order valence-corrected chi connectivity index (χ2v) is 2.55. The van der Waals surface area contributed by atoms with Crippen LogP contribution in [0.4, 0.5) is 18.0 Å². The predicted molar refractivity (Wildman–Crippen MR) is 41.8 cm³/mol. The summed E-state index contributed by atoms with van der Waals surface area (Å²) < 4.78 is 40.3. The van der Waals surface area contributed by atoms with E-state index in [4.69, 9.17) is 10.2 Å². The molecule has 0 aliphatic heterocycles. The molecule has 1 rings (SSSR count). The molecule has 0 fully saturated rings. The van der Waals surface area contributed by atoms with E-state index in [2.05, 4.69) is 4.74 Å². The summed E-state index contributed by atoms with van der Waals surface area (Å²) in [5, 5.41) is 17.2. The number of aromatic hydroxyl groups is 1. The van der Waals surface area contributed by atoms with Gasteiger partial charge in [-0.15, -0.1) is 0 Å². The maximum absolute atomic E-state index is 12.1. The Kier molecular flexibility index (Phi) is 2.74. The molecule has 0 bridgehead atoms. The summed E-state index contributed by atoms with van der Waals surface area (Å²) in [4.78, 5) is 10.0. The van der Waals surface area contributed by atoms with Gasteiger partial charge in [-0.05, 0) is 18.2 Å². The third-order valence-corrected chi connectivity index (χ3v) is 1.48. The molecule has 15 heavy (non-hydrogen) atoms. The molecule has 82 valence electrons. The molecule has 0 heterocycles. The molecule has 4 nitrogen and oxygen atoms in total. The number of halogens is 3. The SMILES string of the molecule is O=C(O)Oc1ccc(C(F)(F)F)cc1O. The Balaban J connectivity index is 3.03. The minimum absolute atomic E-state index is 0.387. The van der Waals surface area contributed by atoms with Gasteiger partial charge in [0.1, 0.15) is 0 Å². The van der Waals surface area contributed by atoms with Gasteiger partial charge in [-0.1, -0.05) is 0 Å². The first-order valence-corrected chi connectivity index (χ1v) is 3.61. The number of ether oxygens (including phenoxy) is 1. The highest BCUT2D eigenvalue weighted by Gasteiger charge is 2.31. The van der Waals surface area contributed by atoms with Crippen LogP contribution in [0.15, 0.2) is 18.2 Å². The van der Waals surface area contributed by atoms with E-state index >= 15 is 0 Å². The molecule has 0 spiro atoms. The van der Waals surface area contributed by atoms with Crippen LogP contribution < -0.4 is 4.74 Å². The van der Waals surface area contributed by atoms with E-state index in [1.807, 2.05) is 0 Å². The Hall–Kier alpha value is -1.92. The number of phenolic OH excluding ortho intramolecular Hbond substituents is 1. The Labute approximate surface area is 81.5 Å². The van der Waals surface area contributed by atoms with Crippen molar-refractivity contribution < 1.29 is 32.9 Å². The van der Waals surface area contributed by atoms with Gasteiger partial charge >= 0.3 is 12.3 Å². The van der Waals surface area contributed by atoms with Gasteiger partial charge in [-0.25, -0.2) is 4.79 Å². The monoisotopic (exact) mass is 222 g/mol. The van der Waals surface area contributed by atoms with Gasteiger partial charge in [0.2, 0.25) is 0 Å². The quantitative estimate of drug-likeness (QED) is 0.565. The van der Waals surface area contributed by atoms with Gasteiger partial charge < -0.3 is 14.9 Å². The minimum Gasteiger partial charge on any atom is -0.504 e. The summed E-state index contributed by atoms with van der Waals surface area (Å²) >= 11 is 0. The fourth-order valence-electron chi connectivity index (χ4n) is 0.874. The molecule has 0 radical (unpaired) electrons. The Morgan fingerprint density at radius 3 is 2.33 bits per heavy atom. The van der Waals surface area contributed by atoms with E-state index in [1.54, 1.807) is 0 Å². The van der Waals surface area contributed by atoms with E-state index < -0.39 is 29.4 Å². The fraction of sp³-hybridized carbons (Fsp3) is 0.125. The maximum atomic E-state index is 12.1. The highest BCUT2D eigenvalue weighted by molar-refractivity contribution is 5.63. The molecule has 0 atom stereocenters. The summed E-state index contributed by atoms with van der Waals surface area (Å²) in [7, 11) is 0.